The fourth-order valence-electron chi connectivity index (χ4n) is 2.42. The second-order valence-corrected chi connectivity index (χ2v) is 4.84. The molecule has 3 unspecified atom stereocenters. The molecule has 2 heterocycles. The number of halogens is 2. The lowest BCUT2D eigenvalue weighted by Crippen LogP contribution is -2.28. The minimum Gasteiger partial charge on any atom is -0.370 e. The maximum atomic E-state index is 12.8. The number of hydrogen-bond donors (Lipinski definition) is 1. The van der Waals surface area contributed by atoms with E-state index in [4.69, 9.17) is 0 Å². The van der Waals surface area contributed by atoms with Crippen LogP contribution in [-0.2, 0) is 0 Å². The zero-order valence-corrected chi connectivity index (χ0v) is 9.16. The van der Waals surface area contributed by atoms with Gasteiger partial charge in [-0.3, -0.25) is 0 Å². The van der Waals surface area contributed by atoms with Crippen molar-refractivity contribution < 1.29 is 8.78 Å². The van der Waals surface area contributed by atoms with Gasteiger partial charge in [-0.25, -0.2) is 13.5 Å². The first-order valence-electron chi connectivity index (χ1n) is 5.78. The van der Waals surface area contributed by atoms with Gasteiger partial charge in [0.1, 0.15) is 11.9 Å². The molecule has 1 aromatic heterocycles. The first kappa shape index (κ1) is 10.1. The Kier molecular flexibility index (Phi) is 2.16. The number of fused-ring (bicyclic) bond motifs is 1. The van der Waals surface area contributed by atoms with E-state index in [0.29, 0.717) is 24.8 Å². The molecule has 1 aliphatic carbocycles. The van der Waals surface area contributed by atoms with Crippen molar-refractivity contribution in [2.75, 3.05) is 11.9 Å². The van der Waals surface area contributed by atoms with E-state index in [0.717, 1.165) is 17.9 Å². The van der Waals surface area contributed by atoms with Crippen LogP contribution < -0.4 is 5.32 Å². The van der Waals surface area contributed by atoms with E-state index >= 15 is 0 Å². The summed E-state index contributed by atoms with van der Waals surface area (Å²) in [5, 5.41) is 7.47. The standard InChI is InChI=1S/C11H15F2N3/c1-6-4-7(6)8-5-10-14-3-2-9(11(12)13)16(10)15-8/h5-7,9,11,14H,2-4H2,1H3. The summed E-state index contributed by atoms with van der Waals surface area (Å²) in [6.07, 6.45) is -0.743. The summed E-state index contributed by atoms with van der Waals surface area (Å²) in [7, 11) is 0. The highest BCUT2D eigenvalue weighted by atomic mass is 19.3. The number of hydrogen-bond acceptors (Lipinski definition) is 2. The Bertz CT molecular complexity index is 402. The number of nitrogens with zero attached hydrogens (tertiary/aromatic N) is 2. The first-order valence-corrected chi connectivity index (χ1v) is 5.78. The summed E-state index contributed by atoms with van der Waals surface area (Å²) in [5.41, 5.74) is 0.975. The molecule has 1 N–H and O–H groups in total. The smallest absolute Gasteiger partial charge is 0.260 e. The fraction of sp³-hybridized carbons (Fsp3) is 0.727. The molecule has 3 atom stereocenters. The third-order valence-electron chi connectivity index (χ3n) is 3.60. The van der Waals surface area contributed by atoms with Gasteiger partial charge in [-0.2, -0.15) is 5.10 Å². The lowest BCUT2D eigenvalue weighted by atomic mass is 10.2. The average molecular weight is 227 g/mol. The molecule has 1 aromatic rings. The fourth-order valence-corrected chi connectivity index (χ4v) is 2.42. The molecule has 1 aliphatic heterocycles. The SMILES string of the molecule is CC1CC1c1cc2n(n1)C(C(F)F)CCN2. The molecule has 0 saturated heterocycles. The number of alkyl halides is 2. The van der Waals surface area contributed by atoms with Crippen LogP contribution in [0.1, 0.15) is 37.4 Å². The second kappa shape index (κ2) is 3.43. The van der Waals surface area contributed by atoms with Crippen molar-refractivity contribution in [1.29, 1.82) is 0 Å². The van der Waals surface area contributed by atoms with Gasteiger partial charge in [0.25, 0.3) is 6.43 Å². The molecule has 1 fully saturated rings. The van der Waals surface area contributed by atoms with E-state index in [1.165, 1.54) is 4.68 Å². The van der Waals surface area contributed by atoms with Gasteiger partial charge >= 0.3 is 0 Å². The van der Waals surface area contributed by atoms with Crippen LogP contribution >= 0.6 is 0 Å². The normalized spacial score (nSPS) is 32.4. The van der Waals surface area contributed by atoms with Crippen LogP contribution in [-0.4, -0.2) is 22.8 Å². The quantitative estimate of drug-likeness (QED) is 0.841. The number of anilines is 1. The summed E-state index contributed by atoms with van der Waals surface area (Å²) in [6.45, 7) is 2.78. The van der Waals surface area contributed by atoms with E-state index in [2.05, 4.69) is 17.3 Å². The van der Waals surface area contributed by atoms with Gasteiger partial charge < -0.3 is 5.32 Å². The maximum Gasteiger partial charge on any atom is 0.260 e. The van der Waals surface area contributed by atoms with Crippen LogP contribution in [0.15, 0.2) is 6.07 Å². The monoisotopic (exact) mass is 227 g/mol. The molecule has 0 amide bonds. The van der Waals surface area contributed by atoms with Crippen LogP contribution in [0.25, 0.3) is 0 Å². The molecule has 16 heavy (non-hydrogen) atoms. The van der Waals surface area contributed by atoms with E-state index in [-0.39, 0.29) is 0 Å². The minimum absolute atomic E-state index is 0.450. The third kappa shape index (κ3) is 1.49. The molecule has 0 radical (unpaired) electrons. The molecular weight excluding hydrogens is 212 g/mol. The second-order valence-electron chi connectivity index (χ2n) is 4.84. The van der Waals surface area contributed by atoms with Gasteiger partial charge in [-0.15, -0.1) is 0 Å². The van der Waals surface area contributed by atoms with Crippen LogP contribution in [0.2, 0.25) is 0 Å². The summed E-state index contributed by atoms with van der Waals surface area (Å²) < 4.78 is 27.1. The van der Waals surface area contributed by atoms with Crippen molar-refractivity contribution in [2.24, 2.45) is 5.92 Å². The molecule has 1 saturated carbocycles. The lowest BCUT2D eigenvalue weighted by molar-refractivity contribution is 0.0713. The largest absolute Gasteiger partial charge is 0.370 e. The van der Waals surface area contributed by atoms with Crippen molar-refractivity contribution in [2.45, 2.75) is 38.2 Å². The van der Waals surface area contributed by atoms with Gasteiger partial charge in [-0.1, -0.05) is 6.92 Å². The highest BCUT2D eigenvalue weighted by Gasteiger charge is 2.38. The summed E-state index contributed by atoms with van der Waals surface area (Å²) in [4.78, 5) is 0. The molecule has 0 spiro atoms. The Balaban J connectivity index is 1.92. The van der Waals surface area contributed by atoms with Gasteiger partial charge in [0.2, 0.25) is 0 Å². The molecule has 2 aliphatic rings. The van der Waals surface area contributed by atoms with Gasteiger partial charge in [-0.05, 0) is 18.8 Å². The zero-order chi connectivity index (χ0) is 11.3. The molecule has 5 heteroatoms. The van der Waals surface area contributed by atoms with Crippen molar-refractivity contribution in [3.05, 3.63) is 11.8 Å². The van der Waals surface area contributed by atoms with Crippen LogP contribution in [0, 0.1) is 5.92 Å². The van der Waals surface area contributed by atoms with Gasteiger partial charge in [0.05, 0.1) is 5.69 Å². The maximum absolute atomic E-state index is 12.8. The van der Waals surface area contributed by atoms with Crippen molar-refractivity contribution in [1.82, 2.24) is 9.78 Å². The Labute approximate surface area is 92.8 Å². The molecule has 3 rings (SSSR count). The van der Waals surface area contributed by atoms with E-state index < -0.39 is 12.5 Å². The Morgan fingerprint density at radius 3 is 2.94 bits per heavy atom. The Morgan fingerprint density at radius 2 is 2.31 bits per heavy atom. The molecule has 0 aromatic carbocycles. The summed E-state index contributed by atoms with van der Waals surface area (Å²) in [5.74, 6) is 1.89. The van der Waals surface area contributed by atoms with Gasteiger partial charge in [0, 0.05) is 18.5 Å². The van der Waals surface area contributed by atoms with Crippen molar-refractivity contribution >= 4 is 5.82 Å². The van der Waals surface area contributed by atoms with Gasteiger partial charge in [0.15, 0.2) is 0 Å². The van der Waals surface area contributed by atoms with Crippen LogP contribution in [0.4, 0.5) is 14.6 Å². The molecule has 88 valence electrons. The number of nitrogens with one attached hydrogen (secondary N) is 1. The summed E-state index contributed by atoms with van der Waals surface area (Å²) in [6, 6.07) is 1.18. The van der Waals surface area contributed by atoms with E-state index in [1.807, 2.05) is 6.07 Å². The lowest BCUT2D eigenvalue weighted by Gasteiger charge is -2.24. The van der Waals surface area contributed by atoms with Crippen LogP contribution in [0.3, 0.4) is 0 Å². The summed E-state index contributed by atoms with van der Waals surface area (Å²) >= 11 is 0. The predicted octanol–water partition coefficient (Wildman–Crippen LogP) is 2.63. The van der Waals surface area contributed by atoms with Crippen LogP contribution in [0.5, 0.6) is 0 Å². The van der Waals surface area contributed by atoms with E-state index in [9.17, 15) is 8.78 Å². The first-order chi connectivity index (χ1) is 7.66. The molecule has 0 bridgehead atoms. The minimum atomic E-state index is -2.33. The van der Waals surface area contributed by atoms with Crippen molar-refractivity contribution in [3.8, 4) is 0 Å². The predicted molar refractivity (Wildman–Crippen MR) is 56.9 cm³/mol. The number of aromatic nitrogens is 2. The Hall–Kier alpha value is -1.13. The molecular formula is C11H15F2N3. The van der Waals surface area contributed by atoms with E-state index in [1.54, 1.807) is 0 Å². The topological polar surface area (TPSA) is 29.9 Å². The highest BCUT2D eigenvalue weighted by Crippen LogP contribution is 2.47. The zero-order valence-electron chi connectivity index (χ0n) is 9.16. The number of rotatable bonds is 2. The Morgan fingerprint density at radius 1 is 1.56 bits per heavy atom. The van der Waals surface area contributed by atoms with Crippen molar-refractivity contribution in [3.63, 3.8) is 0 Å². The average Bonchev–Trinajstić information content (AvgIpc) is 2.82. The highest BCUT2D eigenvalue weighted by molar-refractivity contribution is 5.41. The molecule has 3 nitrogen and oxygen atoms in total. The third-order valence-corrected chi connectivity index (χ3v) is 3.60.